The molecule has 134 valence electrons. The highest BCUT2D eigenvalue weighted by molar-refractivity contribution is 7.14. The summed E-state index contributed by atoms with van der Waals surface area (Å²) in [6.45, 7) is 0. The second-order valence-corrected chi connectivity index (χ2v) is 6.13. The summed E-state index contributed by atoms with van der Waals surface area (Å²) in [7, 11) is 1.54. The fourth-order valence-corrected chi connectivity index (χ4v) is 3.06. The molecule has 3 rings (SSSR count). The maximum absolute atomic E-state index is 12.6. The average molecular weight is 378 g/mol. The lowest BCUT2D eigenvalue weighted by molar-refractivity contribution is -0.140. The first-order valence-corrected chi connectivity index (χ1v) is 8.34. The van der Waals surface area contributed by atoms with E-state index in [0.29, 0.717) is 16.9 Å². The summed E-state index contributed by atoms with van der Waals surface area (Å²) < 4.78 is 43.1. The number of hydrogen-bond donors (Lipinski definition) is 1. The quantitative estimate of drug-likeness (QED) is 0.688. The zero-order valence-electron chi connectivity index (χ0n) is 13.5. The maximum Gasteiger partial charge on any atom is 0.434 e. The number of nitrogens with zero attached hydrogens (tertiary/aromatic N) is 1. The largest absolute Gasteiger partial charge is 0.497 e. The number of anilines is 1. The van der Waals surface area contributed by atoms with E-state index in [9.17, 15) is 18.0 Å². The van der Waals surface area contributed by atoms with Crippen molar-refractivity contribution in [1.82, 2.24) is 4.98 Å². The Morgan fingerprint density at radius 2 is 1.92 bits per heavy atom. The van der Waals surface area contributed by atoms with Crippen LogP contribution in [0.1, 0.15) is 16.1 Å². The Balaban J connectivity index is 1.90. The van der Waals surface area contributed by atoms with Crippen LogP contribution in [-0.2, 0) is 6.18 Å². The summed E-state index contributed by atoms with van der Waals surface area (Å²) in [6.07, 6.45) is -4.54. The Morgan fingerprint density at radius 1 is 1.15 bits per heavy atom. The molecular weight excluding hydrogens is 365 g/mol. The SMILES string of the molecule is COc1cccc(-c2ccccc2C(=O)Nc2nc(C(F)(F)F)cs2)c1. The first-order chi connectivity index (χ1) is 12.4. The minimum atomic E-state index is -4.54. The van der Waals surface area contributed by atoms with Crippen molar-refractivity contribution in [3.63, 3.8) is 0 Å². The first-order valence-electron chi connectivity index (χ1n) is 7.46. The Morgan fingerprint density at radius 3 is 2.62 bits per heavy atom. The number of thiazole rings is 1. The fraction of sp³-hybridized carbons (Fsp3) is 0.111. The van der Waals surface area contributed by atoms with Gasteiger partial charge in [0.15, 0.2) is 10.8 Å². The predicted octanol–water partition coefficient (Wildman–Crippen LogP) is 5.09. The van der Waals surface area contributed by atoms with Crippen LogP contribution < -0.4 is 10.1 Å². The highest BCUT2D eigenvalue weighted by atomic mass is 32.1. The van der Waals surface area contributed by atoms with Crippen LogP contribution in [0.5, 0.6) is 5.75 Å². The van der Waals surface area contributed by atoms with Gasteiger partial charge in [-0.25, -0.2) is 4.98 Å². The molecule has 1 N–H and O–H groups in total. The van der Waals surface area contributed by atoms with Gasteiger partial charge in [-0.3, -0.25) is 10.1 Å². The lowest BCUT2D eigenvalue weighted by Crippen LogP contribution is -2.13. The summed E-state index contributed by atoms with van der Waals surface area (Å²) in [4.78, 5) is 16.0. The minimum Gasteiger partial charge on any atom is -0.497 e. The van der Waals surface area contributed by atoms with Gasteiger partial charge in [0, 0.05) is 10.9 Å². The van der Waals surface area contributed by atoms with E-state index < -0.39 is 17.8 Å². The van der Waals surface area contributed by atoms with E-state index >= 15 is 0 Å². The van der Waals surface area contributed by atoms with Crippen molar-refractivity contribution in [3.8, 4) is 16.9 Å². The van der Waals surface area contributed by atoms with Crippen molar-refractivity contribution >= 4 is 22.4 Å². The van der Waals surface area contributed by atoms with Crippen LogP contribution in [0.25, 0.3) is 11.1 Å². The molecule has 0 unspecified atom stereocenters. The number of hydrogen-bond acceptors (Lipinski definition) is 4. The minimum absolute atomic E-state index is 0.109. The molecule has 0 aliphatic carbocycles. The van der Waals surface area contributed by atoms with Crippen molar-refractivity contribution < 1.29 is 22.7 Å². The standard InChI is InChI=1S/C18H13F3N2O2S/c1-25-12-6-4-5-11(9-12)13-7-2-3-8-14(13)16(24)23-17-22-15(10-26-17)18(19,20)21/h2-10H,1H3,(H,22,23,24). The average Bonchev–Trinajstić information content (AvgIpc) is 3.10. The number of methoxy groups -OCH3 is 1. The summed E-state index contributed by atoms with van der Waals surface area (Å²) in [5, 5.41) is 3.18. The van der Waals surface area contributed by atoms with Gasteiger partial charge in [-0.05, 0) is 29.3 Å². The third-order valence-corrected chi connectivity index (χ3v) is 4.33. The highest BCUT2D eigenvalue weighted by Crippen LogP contribution is 2.32. The van der Waals surface area contributed by atoms with Crippen LogP contribution in [0.15, 0.2) is 53.9 Å². The zero-order chi connectivity index (χ0) is 18.7. The molecule has 0 saturated carbocycles. The Hall–Kier alpha value is -2.87. The lowest BCUT2D eigenvalue weighted by Gasteiger charge is -2.10. The van der Waals surface area contributed by atoms with E-state index in [0.717, 1.165) is 22.3 Å². The number of amides is 1. The molecule has 0 radical (unpaired) electrons. The molecule has 0 aliphatic rings. The lowest BCUT2D eigenvalue weighted by atomic mass is 9.99. The summed E-state index contributed by atoms with van der Waals surface area (Å²) in [5.41, 5.74) is 0.685. The Labute approximate surface area is 151 Å². The van der Waals surface area contributed by atoms with Crippen molar-refractivity contribution in [3.05, 3.63) is 65.2 Å². The van der Waals surface area contributed by atoms with Crippen molar-refractivity contribution in [2.75, 3.05) is 12.4 Å². The van der Waals surface area contributed by atoms with Gasteiger partial charge in [-0.15, -0.1) is 11.3 Å². The van der Waals surface area contributed by atoms with Crippen LogP contribution in [0.2, 0.25) is 0 Å². The molecule has 1 heterocycles. The number of carbonyl (C=O) groups excluding carboxylic acids is 1. The van der Waals surface area contributed by atoms with Gasteiger partial charge in [0.25, 0.3) is 5.91 Å². The van der Waals surface area contributed by atoms with E-state index in [-0.39, 0.29) is 5.13 Å². The van der Waals surface area contributed by atoms with Crippen LogP contribution in [0, 0.1) is 0 Å². The third-order valence-electron chi connectivity index (χ3n) is 3.57. The molecule has 2 aromatic carbocycles. The van der Waals surface area contributed by atoms with Gasteiger partial charge in [0.1, 0.15) is 5.75 Å². The molecular formula is C18H13F3N2O2S. The summed E-state index contributed by atoms with van der Waals surface area (Å²) in [5.74, 6) is 0.0962. The number of ether oxygens (including phenoxy) is 1. The van der Waals surface area contributed by atoms with Crippen molar-refractivity contribution in [2.45, 2.75) is 6.18 Å². The molecule has 0 saturated heterocycles. The molecule has 3 aromatic rings. The van der Waals surface area contributed by atoms with Gasteiger partial charge < -0.3 is 4.74 Å². The van der Waals surface area contributed by atoms with Crippen LogP contribution in [-0.4, -0.2) is 18.0 Å². The van der Waals surface area contributed by atoms with E-state index in [1.807, 2.05) is 6.07 Å². The predicted molar refractivity (Wildman–Crippen MR) is 93.5 cm³/mol. The molecule has 26 heavy (non-hydrogen) atoms. The molecule has 1 amide bonds. The number of benzene rings is 2. The number of rotatable bonds is 4. The van der Waals surface area contributed by atoms with E-state index in [1.54, 1.807) is 49.6 Å². The van der Waals surface area contributed by atoms with Crippen LogP contribution >= 0.6 is 11.3 Å². The van der Waals surface area contributed by atoms with Gasteiger partial charge in [0.05, 0.1) is 7.11 Å². The number of nitrogens with one attached hydrogen (secondary N) is 1. The molecule has 0 fully saturated rings. The van der Waals surface area contributed by atoms with Crippen molar-refractivity contribution in [2.24, 2.45) is 0 Å². The molecule has 4 nitrogen and oxygen atoms in total. The van der Waals surface area contributed by atoms with E-state index in [2.05, 4.69) is 10.3 Å². The Bertz CT molecular complexity index is 938. The van der Waals surface area contributed by atoms with Gasteiger partial charge in [0.2, 0.25) is 0 Å². The highest BCUT2D eigenvalue weighted by Gasteiger charge is 2.34. The second kappa shape index (κ2) is 7.17. The topological polar surface area (TPSA) is 51.2 Å². The number of carbonyl (C=O) groups is 1. The zero-order valence-corrected chi connectivity index (χ0v) is 14.3. The summed E-state index contributed by atoms with van der Waals surface area (Å²) >= 11 is 0.724. The van der Waals surface area contributed by atoms with Crippen LogP contribution in [0.4, 0.5) is 18.3 Å². The molecule has 0 atom stereocenters. The van der Waals surface area contributed by atoms with E-state index in [4.69, 9.17) is 4.74 Å². The first kappa shape index (κ1) is 17.9. The Kier molecular flexibility index (Phi) is 4.94. The second-order valence-electron chi connectivity index (χ2n) is 5.27. The van der Waals surface area contributed by atoms with E-state index in [1.165, 1.54) is 0 Å². The third kappa shape index (κ3) is 3.85. The maximum atomic E-state index is 12.6. The molecule has 0 aliphatic heterocycles. The monoisotopic (exact) mass is 378 g/mol. The molecule has 0 bridgehead atoms. The molecule has 8 heteroatoms. The fourth-order valence-electron chi connectivity index (χ4n) is 2.35. The molecule has 1 aromatic heterocycles. The normalized spacial score (nSPS) is 11.2. The smallest absolute Gasteiger partial charge is 0.434 e. The van der Waals surface area contributed by atoms with Crippen LogP contribution in [0.3, 0.4) is 0 Å². The number of alkyl halides is 3. The summed E-state index contributed by atoms with van der Waals surface area (Å²) in [6, 6.07) is 14.0. The van der Waals surface area contributed by atoms with Crippen molar-refractivity contribution in [1.29, 1.82) is 0 Å². The number of halogens is 3. The van der Waals surface area contributed by atoms with Gasteiger partial charge in [-0.1, -0.05) is 30.3 Å². The van der Waals surface area contributed by atoms with Gasteiger partial charge in [-0.2, -0.15) is 13.2 Å². The molecule has 0 spiro atoms. The number of aromatic nitrogens is 1. The van der Waals surface area contributed by atoms with Gasteiger partial charge >= 0.3 is 6.18 Å².